The Morgan fingerprint density at radius 3 is 2.80 bits per heavy atom. The van der Waals surface area contributed by atoms with Crippen molar-refractivity contribution in [1.82, 2.24) is 9.55 Å². The van der Waals surface area contributed by atoms with E-state index >= 15 is 0 Å². The number of benzene rings is 1. The molecule has 1 aromatic carbocycles. The summed E-state index contributed by atoms with van der Waals surface area (Å²) in [5.74, 6) is 0.725. The maximum atomic E-state index is 13.0. The Morgan fingerprint density at radius 2 is 2.07 bits per heavy atom. The van der Waals surface area contributed by atoms with Gasteiger partial charge in [0, 0.05) is 25.1 Å². The first-order valence-corrected chi connectivity index (χ1v) is 4.45. The Bertz CT molecular complexity index is 537. The van der Waals surface area contributed by atoms with E-state index in [2.05, 4.69) is 10.9 Å². The summed E-state index contributed by atoms with van der Waals surface area (Å²) in [6.45, 7) is 0.554. The predicted molar refractivity (Wildman–Crippen MR) is 53.1 cm³/mol. The van der Waals surface area contributed by atoms with Crippen LogP contribution in [-0.2, 0) is 6.54 Å². The third-order valence-corrected chi connectivity index (χ3v) is 2.16. The van der Waals surface area contributed by atoms with Crippen molar-refractivity contribution in [3.8, 4) is 12.3 Å². The molecule has 0 saturated carbocycles. The summed E-state index contributed by atoms with van der Waals surface area (Å²) < 4.78 is 27.5. The third kappa shape index (κ3) is 1.68. The first-order valence-electron chi connectivity index (χ1n) is 4.45. The molecule has 1 heterocycles. The Kier molecular flexibility index (Phi) is 2.38. The molecule has 0 radical (unpaired) electrons. The summed E-state index contributed by atoms with van der Waals surface area (Å²) in [4.78, 5) is 3.96. The van der Waals surface area contributed by atoms with Crippen molar-refractivity contribution in [1.29, 1.82) is 0 Å². The highest BCUT2D eigenvalue weighted by molar-refractivity contribution is 5.75. The number of aromatic nitrogens is 2. The van der Waals surface area contributed by atoms with E-state index in [9.17, 15) is 8.78 Å². The maximum Gasteiger partial charge on any atom is 0.161 e. The molecule has 0 atom stereocenters. The molecule has 0 aliphatic heterocycles. The Labute approximate surface area is 85.5 Å². The molecule has 0 unspecified atom stereocenters. The molecule has 1 aromatic heterocycles. The molecule has 0 N–H and O–H groups in total. The van der Waals surface area contributed by atoms with E-state index in [1.807, 2.05) is 0 Å². The molecule has 0 aliphatic carbocycles. The van der Waals surface area contributed by atoms with E-state index in [1.54, 1.807) is 4.57 Å². The largest absolute Gasteiger partial charge is 0.330 e. The SMILES string of the molecule is C#CCCn1cnc2cc(F)c(F)cc21. The topological polar surface area (TPSA) is 17.8 Å². The molecule has 4 heteroatoms. The average molecular weight is 206 g/mol. The van der Waals surface area contributed by atoms with Crippen molar-refractivity contribution in [2.75, 3.05) is 0 Å². The second kappa shape index (κ2) is 3.70. The first-order chi connectivity index (χ1) is 7.22. The molecule has 2 aromatic rings. The van der Waals surface area contributed by atoms with Crippen LogP contribution in [0.5, 0.6) is 0 Å². The molecule has 0 fully saturated rings. The fourth-order valence-electron chi connectivity index (χ4n) is 1.42. The highest BCUT2D eigenvalue weighted by atomic mass is 19.2. The van der Waals surface area contributed by atoms with Gasteiger partial charge in [-0.3, -0.25) is 0 Å². The average Bonchev–Trinajstić information content (AvgIpc) is 2.59. The fourth-order valence-corrected chi connectivity index (χ4v) is 1.42. The minimum Gasteiger partial charge on any atom is -0.330 e. The van der Waals surface area contributed by atoms with Gasteiger partial charge in [0.15, 0.2) is 11.6 Å². The lowest BCUT2D eigenvalue weighted by Crippen LogP contribution is -1.95. The van der Waals surface area contributed by atoms with Crippen molar-refractivity contribution in [3.05, 3.63) is 30.1 Å². The normalized spacial score (nSPS) is 10.5. The lowest BCUT2D eigenvalue weighted by molar-refractivity contribution is 0.510. The first kappa shape index (κ1) is 9.66. The number of imidazole rings is 1. The lowest BCUT2D eigenvalue weighted by Gasteiger charge is -2.00. The second-order valence-electron chi connectivity index (χ2n) is 3.15. The van der Waals surface area contributed by atoms with Crippen LogP contribution < -0.4 is 0 Å². The third-order valence-electron chi connectivity index (χ3n) is 2.16. The molecule has 2 rings (SSSR count). The Hall–Kier alpha value is -1.89. The zero-order valence-corrected chi connectivity index (χ0v) is 7.87. The van der Waals surface area contributed by atoms with Crippen LogP contribution in [0.2, 0.25) is 0 Å². The number of aryl methyl sites for hydroxylation is 1. The van der Waals surface area contributed by atoms with Gasteiger partial charge >= 0.3 is 0 Å². The van der Waals surface area contributed by atoms with Gasteiger partial charge in [-0.25, -0.2) is 13.8 Å². The van der Waals surface area contributed by atoms with E-state index in [-0.39, 0.29) is 0 Å². The predicted octanol–water partition coefficient (Wildman–Crippen LogP) is 2.34. The molecular weight excluding hydrogens is 198 g/mol. The second-order valence-corrected chi connectivity index (χ2v) is 3.15. The minimum absolute atomic E-state index is 0.436. The van der Waals surface area contributed by atoms with Crippen LogP contribution >= 0.6 is 0 Å². The summed E-state index contributed by atoms with van der Waals surface area (Å²) in [5.41, 5.74) is 0.995. The number of fused-ring (bicyclic) bond motifs is 1. The van der Waals surface area contributed by atoms with Gasteiger partial charge in [0.05, 0.1) is 17.4 Å². The fraction of sp³-hybridized carbons (Fsp3) is 0.182. The van der Waals surface area contributed by atoms with E-state index in [0.717, 1.165) is 12.1 Å². The molecule has 0 saturated heterocycles. The van der Waals surface area contributed by atoms with Crippen LogP contribution in [0.4, 0.5) is 8.78 Å². The van der Waals surface area contributed by atoms with Crippen molar-refractivity contribution < 1.29 is 8.78 Å². The maximum absolute atomic E-state index is 13.0. The van der Waals surface area contributed by atoms with Crippen LogP contribution in [-0.4, -0.2) is 9.55 Å². The molecule has 15 heavy (non-hydrogen) atoms. The standard InChI is InChI=1S/C11H8F2N2/c1-2-3-4-15-7-14-10-5-8(12)9(13)6-11(10)15/h1,5-7H,3-4H2. The number of hydrogen-bond acceptors (Lipinski definition) is 1. The highest BCUT2D eigenvalue weighted by Gasteiger charge is 2.08. The number of terminal acetylenes is 1. The molecular formula is C11H8F2N2. The van der Waals surface area contributed by atoms with Crippen molar-refractivity contribution >= 4 is 11.0 Å². The summed E-state index contributed by atoms with van der Waals surface area (Å²) in [6.07, 6.45) is 7.19. The van der Waals surface area contributed by atoms with Gasteiger partial charge in [0.1, 0.15) is 0 Å². The molecule has 0 spiro atoms. The summed E-state index contributed by atoms with van der Waals surface area (Å²) in [5, 5.41) is 0. The van der Waals surface area contributed by atoms with Gasteiger partial charge in [-0.1, -0.05) is 0 Å². The number of rotatable bonds is 2. The van der Waals surface area contributed by atoms with Crippen molar-refractivity contribution in [2.24, 2.45) is 0 Å². The quantitative estimate of drug-likeness (QED) is 0.689. The molecule has 0 amide bonds. The minimum atomic E-state index is -0.885. The monoisotopic (exact) mass is 206 g/mol. The van der Waals surface area contributed by atoms with E-state index < -0.39 is 11.6 Å². The molecule has 2 nitrogen and oxygen atoms in total. The van der Waals surface area contributed by atoms with Gasteiger partial charge in [0.25, 0.3) is 0 Å². The molecule has 0 aliphatic rings. The lowest BCUT2D eigenvalue weighted by atomic mass is 10.3. The Balaban J connectivity index is 2.50. The van der Waals surface area contributed by atoms with E-state index in [0.29, 0.717) is 24.0 Å². The number of nitrogens with zero attached hydrogens (tertiary/aromatic N) is 2. The van der Waals surface area contributed by atoms with Crippen molar-refractivity contribution in [3.63, 3.8) is 0 Å². The van der Waals surface area contributed by atoms with Crippen LogP contribution in [0, 0.1) is 24.0 Å². The van der Waals surface area contributed by atoms with Crippen LogP contribution in [0.15, 0.2) is 18.5 Å². The van der Waals surface area contributed by atoms with Gasteiger partial charge in [0.2, 0.25) is 0 Å². The summed E-state index contributed by atoms with van der Waals surface area (Å²) in [6, 6.07) is 2.21. The summed E-state index contributed by atoms with van der Waals surface area (Å²) in [7, 11) is 0. The molecule has 76 valence electrons. The smallest absolute Gasteiger partial charge is 0.161 e. The molecule has 0 bridgehead atoms. The summed E-state index contributed by atoms with van der Waals surface area (Å²) >= 11 is 0. The van der Waals surface area contributed by atoms with Gasteiger partial charge in [-0.15, -0.1) is 12.3 Å². The highest BCUT2D eigenvalue weighted by Crippen LogP contribution is 2.17. The number of hydrogen-bond donors (Lipinski definition) is 0. The van der Waals surface area contributed by atoms with Crippen LogP contribution in [0.3, 0.4) is 0 Å². The van der Waals surface area contributed by atoms with Gasteiger partial charge in [-0.2, -0.15) is 0 Å². The van der Waals surface area contributed by atoms with Crippen molar-refractivity contribution in [2.45, 2.75) is 13.0 Å². The van der Waals surface area contributed by atoms with Crippen LogP contribution in [0.1, 0.15) is 6.42 Å². The zero-order valence-electron chi connectivity index (χ0n) is 7.87. The van der Waals surface area contributed by atoms with Gasteiger partial charge < -0.3 is 4.57 Å². The van der Waals surface area contributed by atoms with Crippen LogP contribution in [0.25, 0.3) is 11.0 Å². The zero-order chi connectivity index (χ0) is 10.8. The Morgan fingerprint density at radius 1 is 1.33 bits per heavy atom. The van der Waals surface area contributed by atoms with Gasteiger partial charge in [-0.05, 0) is 0 Å². The van der Waals surface area contributed by atoms with E-state index in [1.165, 1.54) is 6.33 Å². The van der Waals surface area contributed by atoms with E-state index in [4.69, 9.17) is 6.42 Å². The number of halogens is 2.